The van der Waals surface area contributed by atoms with Gasteiger partial charge in [-0.3, -0.25) is 0 Å². The Morgan fingerprint density at radius 2 is 2.00 bits per heavy atom. The molecule has 1 aromatic carbocycles. The molecule has 0 amide bonds. The van der Waals surface area contributed by atoms with Crippen LogP contribution in [0.5, 0.6) is 5.75 Å². The average molecular weight is 251 g/mol. The second-order valence-corrected chi connectivity index (χ2v) is 4.23. The molecule has 100 valence electrons. The first kappa shape index (κ1) is 14.5. The van der Waals surface area contributed by atoms with Crippen LogP contribution in [0.25, 0.3) is 0 Å². The lowest BCUT2D eigenvalue weighted by Gasteiger charge is -2.11. The first-order chi connectivity index (χ1) is 8.69. The van der Waals surface area contributed by atoms with Gasteiger partial charge < -0.3 is 14.7 Å². The Labute approximate surface area is 108 Å². The Hall–Kier alpha value is -1.55. The molecule has 0 bridgehead atoms. The molecule has 0 saturated carbocycles. The van der Waals surface area contributed by atoms with E-state index in [1.54, 1.807) is 14.0 Å². The average Bonchev–Trinajstić information content (AvgIpc) is 2.39. The van der Waals surface area contributed by atoms with Crippen LogP contribution >= 0.6 is 0 Å². The van der Waals surface area contributed by atoms with Crippen molar-refractivity contribution in [1.82, 2.24) is 0 Å². The maximum atomic E-state index is 8.86. The smallest absolute Gasteiger partial charge is 0.128 e. The molecule has 1 rings (SSSR count). The van der Waals surface area contributed by atoms with E-state index in [0.29, 0.717) is 12.3 Å². The van der Waals surface area contributed by atoms with Crippen molar-refractivity contribution in [2.45, 2.75) is 26.7 Å². The fourth-order valence-electron chi connectivity index (χ4n) is 1.64. The highest BCUT2D eigenvalue weighted by Crippen LogP contribution is 2.21. The summed E-state index contributed by atoms with van der Waals surface area (Å²) >= 11 is 0. The number of nitrogens with zero attached hydrogens (tertiary/aromatic N) is 1. The Balaban J connectivity index is 2.64. The minimum Gasteiger partial charge on any atom is -0.493 e. The van der Waals surface area contributed by atoms with Gasteiger partial charge in [-0.1, -0.05) is 16.8 Å². The normalized spacial score (nSPS) is 11.6. The number of hydrogen-bond donors (Lipinski definition) is 1. The molecule has 0 heterocycles. The highest BCUT2D eigenvalue weighted by Gasteiger charge is 2.07. The van der Waals surface area contributed by atoms with E-state index in [1.165, 1.54) is 0 Å². The van der Waals surface area contributed by atoms with Gasteiger partial charge in [0.1, 0.15) is 5.75 Å². The van der Waals surface area contributed by atoms with Crippen LogP contribution in [0.1, 0.15) is 30.9 Å². The molecule has 0 fully saturated rings. The summed E-state index contributed by atoms with van der Waals surface area (Å²) in [6.45, 7) is 5.14. The molecule has 18 heavy (non-hydrogen) atoms. The predicted octanol–water partition coefficient (Wildman–Crippen LogP) is 3.00. The van der Waals surface area contributed by atoms with E-state index in [9.17, 15) is 0 Å². The highest BCUT2D eigenvalue weighted by atomic mass is 16.5. The lowest BCUT2D eigenvalue weighted by Crippen LogP contribution is -2.05. The van der Waals surface area contributed by atoms with E-state index in [2.05, 4.69) is 5.16 Å². The van der Waals surface area contributed by atoms with Crippen molar-refractivity contribution < 1.29 is 14.7 Å². The Morgan fingerprint density at radius 3 is 2.67 bits per heavy atom. The van der Waals surface area contributed by atoms with E-state index in [4.69, 9.17) is 14.7 Å². The van der Waals surface area contributed by atoms with Crippen molar-refractivity contribution in [3.8, 4) is 5.75 Å². The number of unbranched alkanes of at least 4 members (excludes halogenated alkanes) is 1. The van der Waals surface area contributed by atoms with Gasteiger partial charge in [0.25, 0.3) is 0 Å². The van der Waals surface area contributed by atoms with Gasteiger partial charge in [-0.25, -0.2) is 0 Å². The molecule has 0 saturated heterocycles. The molecular weight excluding hydrogens is 230 g/mol. The van der Waals surface area contributed by atoms with Crippen molar-refractivity contribution in [2.75, 3.05) is 20.3 Å². The number of benzene rings is 1. The molecule has 1 N–H and O–H groups in total. The Morgan fingerprint density at radius 1 is 1.28 bits per heavy atom. The van der Waals surface area contributed by atoms with Crippen molar-refractivity contribution in [1.29, 1.82) is 0 Å². The summed E-state index contributed by atoms with van der Waals surface area (Å²) in [5, 5.41) is 12.1. The maximum Gasteiger partial charge on any atom is 0.128 e. The van der Waals surface area contributed by atoms with Crippen LogP contribution in [0.15, 0.2) is 23.4 Å². The van der Waals surface area contributed by atoms with Crippen molar-refractivity contribution in [3.63, 3.8) is 0 Å². The fourth-order valence-corrected chi connectivity index (χ4v) is 1.64. The second-order valence-electron chi connectivity index (χ2n) is 4.23. The summed E-state index contributed by atoms with van der Waals surface area (Å²) in [6.07, 6.45) is 1.92. The van der Waals surface area contributed by atoms with Crippen LogP contribution in [0, 0.1) is 6.92 Å². The monoisotopic (exact) mass is 251 g/mol. The molecule has 0 aliphatic heterocycles. The molecule has 0 aliphatic rings. The molecule has 0 unspecified atom stereocenters. The van der Waals surface area contributed by atoms with Crippen LogP contribution in [-0.4, -0.2) is 31.2 Å². The summed E-state index contributed by atoms with van der Waals surface area (Å²) < 4.78 is 10.7. The zero-order chi connectivity index (χ0) is 13.4. The summed E-state index contributed by atoms with van der Waals surface area (Å²) in [4.78, 5) is 0. The molecular formula is C14H21NO3. The first-order valence-corrected chi connectivity index (χ1v) is 6.10. The van der Waals surface area contributed by atoms with E-state index >= 15 is 0 Å². The van der Waals surface area contributed by atoms with Gasteiger partial charge >= 0.3 is 0 Å². The van der Waals surface area contributed by atoms with E-state index in [-0.39, 0.29) is 0 Å². The quantitative estimate of drug-likeness (QED) is 0.351. The van der Waals surface area contributed by atoms with Crippen molar-refractivity contribution >= 4 is 5.71 Å². The molecule has 0 spiro atoms. The van der Waals surface area contributed by atoms with Crippen LogP contribution in [0.2, 0.25) is 0 Å². The maximum absolute atomic E-state index is 8.86. The van der Waals surface area contributed by atoms with Crippen LogP contribution in [-0.2, 0) is 4.74 Å². The summed E-state index contributed by atoms with van der Waals surface area (Å²) in [5.74, 6) is 0.758. The third kappa shape index (κ3) is 4.37. The van der Waals surface area contributed by atoms with E-state index in [0.717, 1.165) is 36.3 Å². The van der Waals surface area contributed by atoms with Crippen LogP contribution in [0.4, 0.5) is 0 Å². The fraction of sp³-hybridized carbons (Fsp3) is 0.500. The lowest BCUT2D eigenvalue weighted by molar-refractivity contribution is 0.184. The highest BCUT2D eigenvalue weighted by molar-refractivity contribution is 6.00. The third-order valence-electron chi connectivity index (χ3n) is 2.68. The Kier molecular flexibility index (Phi) is 6.22. The zero-order valence-corrected chi connectivity index (χ0v) is 11.3. The van der Waals surface area contributed by atoms with Gasteiger partial charge in [0.05, 0.1) is 12.3 Å². The number of oxime groups is 1. The van der Waals surface area contributed by atoms with Crippen LogP contribution in [0.3, 0.4) is 0 Å². The molecule has 0 aliphatic carbocycles. The van der Waals surface area contributed by atoms with Gasteiger partial charge in [-0.15, -0.1) is 0 Å². The SMILES string of the molecule is COCCCCOc1ccc(C)cc1/C(C)=N/O. The Bertz CT molecular complexity index is 402. The molecule has 4 nitrogen and oxygen atoms in total. The van der Waals surface area contributed by atoms with E-state index < -0.39 is 0 Å². The number of hydrogen-bond acceptors (Lipinski definition) is 4. The number of methoxy groups -OCH3 is 1. The summed E-state index contributed by atoms with van der Waals surface area (Å²) in [6, 6.07) is 5.86. The largest absolute Gasteiger partial charge is 0.493 e. The molecule has 0 radical (unpaired) electrons. The van der Waals surface area contributed by atoms with Gasteiger partial charge in [0.15, 0.2) is 0 Å². The standard InChI is InChI=1S/C14H21NO3/c1-11-6-7-14(13(10-11)12(2)15-16)18-9-5-4-8-17-3/h6-7,10,16H,4-5,8-9H2,1-3H3/b15-12+. The topological polar surface area (TPSA) is 51.0 Å². The van der Waals surface area contributed by atoms with Crippen molar-refractivity contribution in [2.24, 2.45) is 5.16 Å². The third-order valence-corrected chi connectivity index (χ3v) is 2.68. The van der Waals surface area contributed by atoms with Gasteiger partial charge in [-0.05, 0) is 38.8 Å². The van der Waals surface area contributed by atoms with Crippen molar-refractivity contribution in [3.05, 3.63) is 29.3 Å². The minimum atomic E-state index is 0.561. The summed E-state index contributed by atoms with van der Waals surface area (Å²) in [7, 11) is 1.69. The van der Waals surface area contributed by atoms with Gasteiger partial charge in [0, 0.05) is 19.3 Å². The summed E-state index contributed by atoms with van der Waals surface area (Å²) in [5.41, 5.74) is 2.51. The molecule has 0 aromatic heterocycles. The number of rotatable bonds is 7. The van der Waals surface area contributed by atoms with Crippen LogP contribution < -0.4 is 4.74 Å². The first-order valence-electron chi connectivity index (χ1n) is 6.10. The molecule has 0 atom stereocenters. The predicted molar refractivity (Wildman–Crippen MR) is 71.8 cm³/mol. The lowest BCUT2D eigenvalue weighted by atomic mass is 10.1. The zero-order valence-electron chi connectivity index (χ0n) is 11.3. The molecule has 4 heteroatoms. The van der Waals surface area contributed by atoms with Gasteiger partial charge in [-0.2, -0.15) is 0 Å². The minimum absolute atomic E-state index is 0.561. The number of aryl methyl sites for hydroxylation is 1. The van der Waals surface area contributed by atoms with E-state index in [1.807, 2.05) is 25.1 Å². The second kappa shape index (κ2) is 7.71. The molecule has 1 aromatic rings. The number of ether oxygens (including phenoxy) is 2. The van der Waals surface area contributed by atoms with Gasteiger partial charge in [0.2, 0.25) is 0 Å².